The number of hydrogen-bond donors (Lipinski definition) is 1. The van der Waals surface area contributed by atoms with E-state index in [-0.39, 0.29) is 28.8 Å². The van der Waals surface area contributed by atoms with Crippen LogP contribution in [-0.2, 0) is 9.59 Å². The predicted octanol–water partition coefficient (Wildman–Crippen LogP) is 5.75. The zero-order valence-corrected chi connectivity index (χ0v) is 19.7. The first-order chi connectivity index (χ1) is 14.1. The van der Waals surface area contributed by atoms with Crippen molar-refractivity contribution < 1.29 is 14.7 Å². The van der Waals surface area contributed by atoms with Crippen molar-refractivity contribution in [2.24, 2.45) is 46.3 Å². The minimum absolute atomic E-state index is 0.104. The van der Waals surface area contributed by atoms with Crippen LogP contribution in [0.5, 0.6) is 0 Å². The summed E-state index contributed by atoms with van der Waals surface area (Å²) in [6.07, 6.45) is 10.7. The van der Waals surface area contributed by atoms with Crippen molar-refractivity contribution in [2.75, 3.05) is 0 Å². The fourth-order valence-electron chi connectivity index (χ4n) is 8.22. The Kier molecular flexibility index (Phi) is 5.83. The molecular weight excluding hydrogens is 372 g/mol. The molecule has 3 saturated carbocycles. The lowest BCUT2D eigenvalue weighted by molar-refractivity contribution is -0.135. The molecule has 3 heteroatoms. The van der Waals surface area contributed by atoms with E-state index in [0.29, 0.717) is 48.1 Å². The molecule has 0 spiro atoms. The van der Waals surface area contributed by atoms with Crippen LogP contribution < -0.4 is 0 Å². The molecule has 8 atom stereocenters. The summed E-state index contributed by atoms with van der Waals surface area (Å²) < 4.78 is 0. The zero-order valence-electron chi connectivity index (χ0n) is 19.7. The number of carbonyl (C=O) groups excluding carboxylic acids is 2. The molecule has 0 saturated heterocycles. The monoisotopic (exact) mass is 414 g/mol. The second kappa shape index (κ2) is 7.87. The molecule has 0 bridgehead atoms. The first-order valence-corrected chi connectivity index (χ1v) is 12.5. The third kappa shape index (κ3) is 3.44. The van der Waals surface area contributed by atoms with E-state index in [1.54, 1.807) is 0 Å². The maximum Gasteiger partial charge on any atom is 0.159 e. The molecule has 4 aliphatic rings. The molecule has 4 rings (SSSR count). The number of carbonyl (C=O) groups is 2. The van der Waals surface area contributed by atoms with Gasteiger partial charge in [0, 0.05) is 18.3 Å². The normalized spacial score (nSPS) is 44.2. The fourth-order valence-corrected chi connectivity index (χ4v) is 8.22. The predicted molar refractivity (Wildman–Crippen MR) is 120 cm³/mol. The third-order valence-corrected chi connectivity index (χ3v) is 10.2. The van der Waals surface area contributed by atoms with Crippen molar-refractivity contribution in [3.8, 4) is 0 Å². The SMILES string of the molecule is CC(C)C(=O)CCC(C)C1CCC2C3C(=O)C=C4CC(O)CCC4(C)C3CCC12C. The highest BCUT2D eigenvalue weighted by molar-refractivity contribution is 5.94. The standard InChI is InChI=1S/C27H42O3/c1-16(2)23(29)9-6-17(3)20-7-8-21-25-22(11-13-27(20,21)5)26(4)12-10-19(28)14-18(26)15-24(25)30/h15-17,19-22,25,28H,6-14H2,1-5H3. The van der Waals surface area contributed by atoms with Gasteiger partial charge in [-0.05, 0) is 91.9 Å². The molecule has 3 nitrogen and oxygen atoms in total. The number of allylic oxidation sites excluding steroid dienone is 1. The Labute approximate surface area is 183 Å². The van der Waals surface area contributed by atoms with Gasteiger partial charge in [-0.3, -0.25) is 9.59 Å². The molecule has 0 aliphatic heterocycles. The van der Waals surface area contributed by atoms with Crippen LogP contribution in [0.15, 0.2) is 11.6 Å². The third-order valence-electron chi connectivity index (χ3n) is 10.2. The van der Waals surface area contributed by atoms with Gasteiger partial charge < -0.3 is 5.11 Å². The number of Topliss-reactive ketones (excluding diaryl/α,β-unsaturated/α-hetero) is 1. The molecule has 1 N–H and O–H groups in total. The highest BCUT2D eigenvalue weighted by Gasteiger charge is 2.61. The largest absolute Gasteiger partial charge is 0.393 e. The Morgan fingerprint density at radius 3 is 2.53 bits per heavy atom. The van der Waals surface area contributed by atoms with E-state index in [1.807, 2.05) is 19.9 Å². The highest BCUT2D eigenvalue weighted by atomic mass is 16.3. The van der Waals surface area contributed by atoms with Gasteiger partial charge in [0.25, 0.3) is 0 Å². The molecule has 0 amide bonds. The van der Waals surface area contributed by atoms with Gasteiger partial charge in [0.05, 0.1) is 6.10 Å². The lowest BCUT2D eigenvalue weighted by Crippen LogP contribution is -2.53. The molecule has 0 radical (unpaired) electrons. The van der Waals surface area contributed by atoms with Crippen molar-refractivity contribution in [1.29, 1.82) is 0 Å². The number of aliphatic hydroxyl groups is 1. The van der Waals surface area contributed by atoms with Crippen LogP contribution in [0, 0.1) is 46.3 Å². The maximum absolute atomic E-state index is 13.4. The molecule has 8 unspecified atom stereocenters. The Morgan fingerprint density at radius 1 is 1.10 bits per heavy atom. The Balaban J connectivity index is 1.54. The second-order valence-electron chi connectivity index (χ2n) is 12.0. The highest BCUT2D eigenvalue weighted by Crippen LogP contribution is 2.66. The van der Waals surface area contributed by atoms with Gasteiger partial charge >= 0.3 is 0 Å². The molecule has 0 heterocycles. The average molecular weight is 415 g/mol. The van der Waals surface area contributed by atoms with Crippen LogP contribution in [0.2, 0.25) is 0 Å². The fraction of sp³-hybridized carbons (Fsp3) is 0.852. The lowest BCUT2D eigenvalue weighted by atomic mass is 9.46. The molecular formula is C27H42O3. The lowest BCUT2D eigenvalue weighted by Gasteiger charge is -2.57. The maximum atomic E-state index is 13.4. The van der Waals surface area contributed by atoms with Crippen LogP contribution in [0.4, 0.5) is 0 Å². The van der Waals surface area contributed by atoms with Crippen LogP contribution in [0.1, 0.15) is 92.4 Å². The van der Waals surface area contributed by atoms with Crippen LogP contribution >= 0.6 is 0 Å². The molecule has 0 aromatic carbocycles. The first kappa shape index (κ1) is 22.2. The van der Waals surface area contributed by atoms with Crippen LogP contribution in [-0.4, -0.2) is 22.8 Å². The van der Waals surface area contributed by atoms with Crippen molar-refractivity contribution in [1.82, 2.24) is 0 Å². The minimum Gasteiger partial charge on any atom is -0.393 e. The van der Waals surface area contributed by atoms with E-state index in [0.717, 1.165) is 25.7 Å². The van der Waals surface area contributed by atoms with Gasteiger partial charge in [0.2, 0.25) is 0 Å². The summed E-state index contributed by atoms with van der Waals surface area (Å²) in [5, 5.41) is 10.2. The quantitative estimate of drug-likeness (QED) is 0.623. The van der Waals surface area contributed by atoms with Crippen molar-refractivity contribution >= 4 is 11.6 Å². The Morgan fingerprint density at radius 2 is 1.83 bits per heavy atom. The summed E-state index contributed by atoms with van der Waals surface area (Å²) in [5.74, 6) is 3.15. The average Bonchev–Trinajstić information content (AvgIpc) is 3.04. The first-order valence-electron chi connectivity index (χ1n) is 12.5. The number of aliphatic hydroxyl groups excluding tert-OH is 1. The minimum atomic E-state index is -0.271. The Hall–Kier alpha value is -0.960. The molecule has 30 heavy (non-hydrogen) atoms. The zero-order chi connectivity index (χ0) is 21.8. The summed E-state index contributed by atoms with van der Waals surface area (Å²) in [6, 6.07) is 0. The number of hydrogen-bond acceptors (Lipinski definition) is 3. The van der Waals surface area contributed by atoms with E-state index in [2.05, 4.69) is 20.8 Å². The summed E-state index contributed by atoms with van der Waals surface area (Å²) in [4.78, 5) is 25.6. The summed E-state index contributed by atoms with van der Waals surface area (Å²) in [7, 11) is 0. The molecule has 0 aromatic heterocycles. The van der Waals surface area contributed by atoms with Gasteiger partial charge in [0.1, 0.15) is 5.78 Å². The van der Waals surface area contributed by atoms with Gasteiger partial charge in [-0.15, -0.1) is 0 Å². The number of ketones is 2. The summed E-state index contributed by atoms with van der Waals surface area (Å²) >= 11 is 0. The summed E-state index contributed by atoms with van der Waals surface area (Å²) in [5.41, 5.74) is 1.56. The van der Waals surface area contributed by atoms with Crippen LogP contribution in [0.3, 0.4) is 0 Å². The van der Waals surface area contributed by atoms with Gasteiger partial charge in [-0.25, -0.2) is 0 Å². The molecule has 0 aromatic rings. The van der Waals surface area contributed by atoms with E-state index in [1.165, 1.54) is 24.8 Å². The van der Waals surface area contributed by atoms with Crippen molar-refractivity contribution in [3.63, 3.8) is 0 Å². The second-order valence-corrected chi connectivity index (χ2v) is 12.0. The molecule has 3 fully saturated rings. The van der Waals surface area contributed by atoms with E-state index >= 15 is 0 Å². The number of fused-ring (bicyclic) bond motifs is 5. The van der Waals surface area contributed by atoms with Crippen molar-refractivity contribution in [3.05, 3.63) is 11.6 Å². The van der Waals surface area contributed by atoms with Crippen molar-refractivity contribution in [2.45, 2.75) is 98.5 Å². The topological polar surface area (TPSA) is 54.4 Å². The van der Waals surface area contributed by atoms with E-state index < -0.39 is 0 Å². The van der Waals surface area contributed by atoms with E-state index in [4.69, 9.17) is 0 Å². The van der Waals surface area contributed by atoms with Gasteiger partial charge in [-0.1, -0.05) is 40.2 Å². The van der Waals surface area contributed by atoms with Gasteiger partial charge in [0.15, 0.2) is 5.78 Å². The molecule has 4 aliphatic carbocycles. The number of rotatable bonds is 5. The van der Waals surface area contributed by atoms with Gasteiger partial charge in [-0.2, -0.15) is 0 Å². The Bertz CT molecular complexity index is 736. The smallest absolute Gasteiger partial charge is 0.159 e. The van der Waals surface area contributed by atoms with Crippen LogP contribution in [0.25, 0.3) is 0 Å². The summed E-state index contributed by atoms with van der Waals surface area (Å²) in [6.45, 7) is 11.2. The van der Waals surface area contributed by atoms with E-state index in [9.17, 15) is 14.7 Å². The molecule has 168 valence electrons.